The summed E-state index contributed by atoms with van der Waals surface area (Å²) in [5.74, 6) is 0.975. The van der Waals surface area contributed by atoms with Gasteiger partial charge in [0.05, 0.1) is 0 Å². The van der Waals surface area contributed by atoms with Crippen molar-refractivity contribution in [1.29, 1.82) is 0 Å². The van der Waals surface area contributed by atoms with Crippen LogP contribution in [0.3, 0.4) is 0 Å². The molecule has 0 amide bonds. The Hall–Kier alpha value is 0.430. The van der Waals surface area contributed by atoms with Crippen molar-refractivity contribution < 1.29 is 0 Å². The lowest BCUT2D eigenvalue weighted by atomic mass is 9.93. The molecule has 1 rings (SSSR count). The minimum atomic E-state index is 0.497. The third-order valence-electron chi connectivity index (χ3n) is 2.41. The summed E-state index contributed by atoms with van der Waals surface area (Å²) in [4.78, 5) is 0. The fourth-order valence-corrected chi connectivity index (χ4v) is 2.00. The van der Waals surface area contributed by atoms with Gasteiger partial charge in [0.1, 0.15) is 0 Å². The highest BCUT2D eigenvalue weighted by molar-refractivity contribution is 7.18. The van der Waals surface area contributed by atoms with E-state index in [1.165, 1.54) is 25.7 Å². The Labute approximate surface area is 60.6 Å². The van der Waals surface area contributed by atoms with Crippen LogP contribution in [0.4, 0.5) is 0 Å². The van der Waals surface area contributed by atoms with Crippen LogP contribution in [0.2, 0.25) is 0 Å². The van der Waals surface area contributed by atoms with Crippen LogP contribution < -0.4 is 0 Å². The molecule has 0 heterocycles. The molecule has 1 saturated carbocycles. The SMILES string of the molecule is CC(C)(P)C1CCCC1. The van der Waals surface area contributed by atoms with Gasteiger partial charge in [0.2, 0.25) is 0 Å². The van der Waals surface area contributed by atoms with E-state index in [9.17, 15) is 0 Å². The predicted molar refractivity (Wildman–Crippen MR) is 45.7 cm³/mol. The Morgan fingerprint density at radius 2 is 1.67 bits per heavy atom. The molecule has 0 spiro atoms. The van der Waals surface area contributed by atoms with Gasteiger partial charge in [-0.2, -0.15) is 0 Å². The van der Waals surface area contributed by atoms with Gasteiger partial charge < -0.3 is 0 Å². The van der Waals surface area contributed by atoms with Crippen LogP contribution in [0, 0.1) is 5.92 Å². The molecule has 9 heavy (non-hydrogen) atoms. The van der Waals surface area contributed by atoms with E-state index in [1.807, 2.05) is 0 Å². The van der Waals surface area contributed by atoms with Crippen LogP contribution in [-0.2, 0) is 0 Å². The van der Waals surface area contributed by atoms with Crippen molar-refractivity contribution >= 4 is 9.24 Å². The number of rotatable bonds is 1. The third kappa shape index (κ3) is 1.93. The molecule has 0 bridgehead atoms. The molecule has 1 aliphatic rings. The second kappa shape index (κ2) is 2.58. The molecule has 0 aromatic carbocycles. The van der Waals surface area contributed by atoms with Crippen LogP contribution in [0.25, 0.3) is 0 Å². The maximum absolute atomic E-state index is 2.96. The molecule has 0 aromatic rings. The van der Waals surface area contributed by atoms with Crippen molar-refractivity contribution in [2.24, 2.45) is 5.92 Å². The maximum Gasteiger partial charge on any atom is -0.0178 e. The quantitative estimate of drug-likeness (QED) is 0.496. The fourth-order valence-electron chi connectivity index (χ4n) is 1.67. The highest BCUT2D eigenvalue weighted by Crippen LogP contribution is 2.38. The number of hydrogen-bond donors (Lipinski definition) is 0. The second-order valence-corrected chi connectivity index (χ2v) is 5.29. The summed E-state index contributed by atoms with van der Waals surface area (Å²) in [5, 5.41) is 0.497. The molecule has 0 radical (unpaired) electrons. The molecule has 0 nitrogen and oxygen atoms in total. The first-order valence-electron chi connectivity index (χ1n) is 3.89. The van der Waals surface area contributed by atoms with E-state index in [4.69, 9.17) is 0 Å². The Kier molecular flexibility index (Phi) is 2.16. The zero-order valence-electron chi connectivity index (χ0n) is 6.48. The zero-order chi connectivity index (χ0) is 6.91. The van der Waals surface area contributed by atoms with E-state index in [2.05, 4.69) is 23.1 Å². The topological polar surface area (TPSA) is 0 Å². The van der Waals surface area contributed by atoms with Crippen molar-refractivity contribution in [2.75, 3.05) is 0 Å². The normalized spacial score (nSPS) is 23.0. The van der Waals surface area contributed by atoms with Crippen molar-refractivity contribution in [1.82, 2.24) is 0 Å². The minimum Gasteiger partial charge on any atom is -0.131 e. The van der Waals surface area contributed by atoms with Crippen LogP contribution in [0.1, 0.15) is 39.5 Å². The molecule has 1 fully saturated rings. The van der Waals surface area contributed by atoms with Crippen molar-refractivity contribution in [3.63, 3.8) is 0 Å². The van der Waals surface area contributed by atoms with Crippen molar-refractivity contribution in [3.05, 3.63) is 0 Å². The van der Waals surface area contributed by atoms with E-state index >= 15 is 0 Å². The monoisotopic (exact) mass is 144 g/mol. The van der Waals surface area contributed by atoms with E-state index < -0.39 is 0 Å². The summed E-state index contributed by atoms with van der Waals surface area (Å²) in [6.07, 6.45) is 5.83. The van der Waals surface area contributed by atoms with E-state index in [0.29, 0.717) is 5.16 Å². The summed E-state index contributed by atoms with van der Waals surface area (Å²) in [5.41, 5.74) is 0. The standard InChI is InChI=1S/C8H17P/c1-8(2,9)7-5-3-4-6-7/h7H,3-6,9H2,1-2H3. The van der Waals surface area contributed by atoms with E-state index in [-0.39, 0.29) is 0 Å². The molecule has 0 aliphatic heterocycles. The first-order valence-corrected chi connectivity index (χ1v) is 4.47. The summed E-state index contributed by atoms with van der Waals surface area (Å²) in [6, 6.07) is 0. The zero-order valence-corrected chi connectivity index (χ0v) is 7.64. The van der Waals surface area contributed by atoms with Gasteiger partial charge in [-0.25, -0.2) is 0 Å². The van der Waals surface area contributed by atoms with E-state index in [0.717, 1.165) is 5.92 Å². The minimum absolute atomic E-state index is 0.497. The van der Waals surface area contributed by atoms with Gasteiger partial charge in [0.15, 0.2) is 0 Å². The van der Waals surface area contributed by atoms with Crippen LogP contribution in [-0.4, -0.2) is 5.16 Å². The van der Waals surface area contributed by atoms with Crippen molar-refractivity contribution in [3.8, 4) is 0 Å². The van der Waals surface area contributed by atoms with Gasteiger partial charge in [0.25, 0.3) is 0 Å². The van der Waals surface area contributed by atoms with Gasteiger partial charge in [-0.1, -0.05) is 26.7 Å². The Morgan fingerprint density at radius 1 is 1.22 bits per heavy atom. The lowest BCUT2D eigenvalue weighted by molar-refractivity contribution is 0.436. The highest BCUT2D eigenvalue weighted by Gasteiger charge is 2.27. The lowest BCUT2D eigenvalue weighted by Crippen LogP contribution is -2.20. The maximum atomic E-state index is 2.96. The van der Waals surface area contributed by atoms with Crippen LogP contribution in [0.5, 0.6) is 0 Å². The molecule has 0 aromatic heterocycles. The molecule has 54 valence electrons. The summed E-state index contributed by atoms with van der Waals surface area (Å²) in [6.45, 7) is 4.65. The van der Waals surface area contributed by atoms with E-state index in [1.54, 1.807) is 0 Å². The molecule has 0 N–H and O–H groups in total. The lowest BCUT2D eigenvalue weighted by Gasteiger charge is -2.25. The first kappa shape index (κ1) is 7.54. The predicted octanol–water partition coefficient (Wildman–Crippen LogP) is 2.83. The average molecular weight is 144 g/mol. The van der Waals surface area contributed by atoms with Gasteiger partial charge in [-0.15, -0.1) is 9.24 Å². The Morgan fingerprint density at radius 3 is 1.89 bits per heavy atom. The number of hydrogen-bond acceptors (Lipinski definition) is 0. The summed E-state index contributed by atoms with van der Waals surface area (Å²) in [7, 11) is 2.96. The van der Waals surface area contributed by atoms with Crippen LogP contribution >= 0.6 is 9.24 Å². The molecule has 1 atom stereocenters. The van der Waals surface area contributed by atoms with Crippen LogP contribution in [0.15, 0.2) is 0 Å². The van der Waals surface area contributed by atoms with Gasteiger partial charge in [-0.05, 0) is 23.9 Å². The third-order valence-corrected chi connectivity index (χ3v) is 2.88. The largest absolute Gasteiger partial charge is 0.131 e. The fraction of sp³-hybridized carbons (Fsp3) is 1.00. The molecular weight excluding hydrogens is 127 g/mol. The van der Waals surface area contributed by atoms with Gasteiger partial charge in [0, 0.05) is 0 Å². The van der Waals surface area contributed by atoms with Gasteiger partial charge in [-0.3, -0.25) is 0 Å². The smallest absolute Gasteiger partial charge is 0.0178 e. The molecule has 1 unspecified atom stereocenters. The molecule has 1 aliphatic carbocycles. The Bertz CT molecular complexity index is 85.2. The highest BCUT2D eigenvalue weighted by atomic mass is 31.0. The van der Waals surface area contributed by atoms with Gasteiger partial charge >= 0.3 is 0 Å². The Balaban J connectivity index is 2.42. The molecule has 1 heteroatoms. The molecular formula is C8H17P. The second-order valence-electron chi connectivity index (χ2n) is 3.80. The molecule has 0 saturated heterocycles. The summed E-state index contributed by atoms with van der Waals surface area (Å²) >= 11 is 0. The van der Waals surface area contributed by atoms with Crippen molar-refractivity contribution in [2.45, 2.75) is 44.7 Å². The summed E-state index contributed by atoms with van der Waals surface area (Å²) < 4.78 is 0. The average Bonchev–Trinajstić information content (AvgIpc) is 2.08. The first-order chi connectivity index (χ1) is 4.11.